The van der Waals surface area contributed by atoms with E-state index in [0.29, 0.717) is 6.04 Å². The average Bonchev–Trinajstić information content (AvgIpc) is 2.79. The third-order valence-corrected chi connectivity index (χ3v) is 3.94. The highest BCUT2D eigenvalue weighted by Crippen LogP contribution is 2.29. The second kappa shape index (κ2) is 5.38. The molecule has 2 aromatic rings. The number of hydrogen-bond acceptors (Lipinski definition) is 4. The zero-order valence-electron chi connectivity index (χ0n) is 10.4. The van der Waals surface area contributed by atoms with Crippen LogP contribution in [0.2, 0.25) is 0 Å². The van der Waals surface area contributed by atoms with E-state index in [1.807, 2.05) is 24.7 Å². The van der Waals surface area contributed by atoms with E-state index in [1.54, 1.807) is 11.3 Å². The highest BCUT2D eigenvalue weighted by Gasteiger charge is 2.11. The van der Waals surface area contributed by atoms with Gasteiger partial charge in [0, 0.05) is 35.1 Å². The molecule has 3 nitrogen and oxygen atoms in total. The molecular weight excluding hydrogens is 230 g/mol. The van der Waals surface area contributed by atoms with Gasteiger partial charge in [0.2, 0.25) is 0 Å². The topological polar surface area (TPSA) is 37.8 Å². The summed E-state index contributed by atoms with van der Waals surface area (Å²) < 4.78 is 0. The van der Waals surface area contributed by atoms with Crippen molar-refractivity contribution in [3.63, 3.8) is 0 Å². The molecule has 90 valence electrons. The van der Waals surface area contributed by atoms with Crippen LogP contribution in [0.15, 0.2) is 24.7 Å². The molecule has 0 aliphatic heterocycles. The first-order chi connectivity index (χ1) is 8.22. The highest BCUT2D eigenvalue weighted by molar-refractivity contribution is 7.15. The van der Waals surface area contributed by atoms with Crippen LogP contribution >= 0.6 is 11.3 Å². The summed E-state index contributed by atoms with van der Waals surface area (Å²) in [5, 5.41) is 4.45. The summed E-state index contributed by atoms with van der Waals surface area (Å²) in [6, 6.07) is 2.38. The van der Waals surface area contributed by atoms with E-state index in [0.717, 1.165) is 17.1 Å². The van der Waals surface area contributed by atoms with E-state index in [4.69, 9.17) is 0 Å². The first kappa shape index (κ1) is 12.2. The van der Waals surface area contributed by atoms with Gasteiger partial charge < -0.3 is 5.32 Å². The first-order valence-corrected chi connectivity index (χ1v) is 6.64. The molecule has 1 unspecified atom stereocenters. The van der Waals surface area contributed by atoms with E-state index < -0.39 is 0 Å². The van der Waals surface area contributed by atoms with E-state index in [9.17, 15) is 0 Å². The van der Waals surface area contributed by atoms with Crippen molar-refractivity contribution in [2.75, 3.05) is 6.54 Å². The van der Waals surface area contributed by atoms with Gasteiger partial charge >= 0.3 is 0 Å². The molecule has 2 rings (SSSR count). The molecule has 4 heteroatoms. The summed E-state index contributed by atoms with van der Waals surface area (Å²) in [7, 11) is 0. The molecule has 0 aliphatic rings. The predicted molar refractivity (Wildman–Crippen MR) is 72.2 cm³/mol. The molecule has 0 saturated heterocycles. The van der Waals surface area contributed by atoms with Crippen LogP contribution in [0.1, 0.15) is 30.3 Å². The van der Waals surface area contributed by atoms with E-state index in [2.05, 4.69) is 36.1 Å². The Morgan fingerprint density at radius 2 is 2.24 bits per heavy atom. The monoisotopic (exact) mass is 247 g/mol. The molecule has 0 aromatic carbocycles. The minimum Gasteiger partial charge on any atom is -0.310 e. The summed E-state index contributed by atoms with van der Waals surface area (Å²) >= 11 is 1.73. The largest absolute Gasteiger partial charge is 0.310 e. The molecule has 0 bridgehead atoms. The SMILES string of the molecule is CCNC(C)c1cnc(-c2cnccc2C)s1. The average molecular weight is 247 g/mol. The lowest BCUT2D eigenvalue weighted by molar-refractivity contribution is 0.606. The molecule has 1 N–H and O–H groups in total. The van der Waals surface area contributed by atoms with E-state index >= 15 is 0 Å². The minimum absolute atomic E-state index is 0.364. The summed E-state index contributed by atoms with van der Waals surface area (Å²) in [6.45, 7) is 7.34. The Bertz CT molecular complexity index is 493. The number of rotatable bonds is 4. The van der Waals surface area contributed by atoms with Crippen molar-refractivity contribution in [3.05, 3.63) is 35.1 Å². The van der Waals surface area contributed by atoms with Crippen molar-refractivity contribution in [2.45, 2.75) is 26.8 Å². The second-order valence-corrected chi connectivity index (χ2v) is 5.10. The van der Waals surface area contributed by atoms with Crippen LogP contribution in [0, 0.1) is 6.92 Å². The molecule has 1 atom stereocenters. The zero-order valence-corrected chi connectivity index (χ0v) is 11.2. The van der Waals surface area contributed by atoms with Crippen LogP contribution in [-0.4, -0.2) is 16.5 Å². The van der Waals surface area contributed by atoms with Crippen molar-refractivity contribution >= 4 is 11.3 Å². The number of nitrogens with zero attached hydrogens (tertiary/aromatic N) is 2. The normalized spacial score (nSPS) is 12.6. The van der Waals surface area contributed by atoms with Crippen LogP contribution < -0.4 is 5.32 Å². The Morgan fingerprint density at radius 1 is 1.41 bits per heavy atom. The van der Waals surface area contributed by atoms with E-state index in [-0.39, 0.29) is 0 Å². The van der Waals surface area contributed by atoms with Crippen LogP contribution in [0.3, 0.4) is 0 Å². The minimum atomic E-state index is 0.364. The van der Waals surface area contributed by atoms with Crippen LogP contribution in [0.4, 0.5) is 0 Å². The maximum atomic E-state index is 4.49. The van der Waals surface area contributed by atoms with Gasteiger partial charge in [-0.25, -0.2) is 4.98 Å². The van der Waals surface area contributed by atoms with Crippen molar-refractivity contribution in [1.29, 1.82) is 0 Å². The van der Waals surface area contributed by atoms with Gasteiger partial charge in [-0.1, -0.05) is 6.92 Å². The van der Waals surface area contributed by atoms with Gasteiger partial charge in [0.05, 0.1) is 0 Å². The predicted octanol–water partition coefficient (Wildman–Crippen LogP) is 3.18. The number of hydrogen-bond donors (Lipinski definition) is 1. The quantitative estimate of drug-likeness (QED) is 0.901. The number of aromatic nitrogens is 2. The van der Waals surface area contributed by atoms with Gasteiger partial charge in [0.25, 0.3) is 0 Å². The fourth-order valence-corrected chi connectivity index (χ4v) is 2.72. The fourth-order valence-electron chi connectivity index (χ4n) is 1.71. The van der Waals surface area contributed by atoms with Crippen molar-refractivity contribution < 1.29 is 0 Å². The lowest BCUT2D eigenvalue weighted by atomic mass is 10.2. The lowest BCUT2D eigenvalue weighted by Crippen LogP contribution is -2.16. The Balaban J connectivity index is 2.27. The Labute approximate surface area is 106 Å². The maximum Gasteiger partial charge on any atom is 0.125 e. The van der Waals surface area contributed by atoms with Crippen LogP contribution in [0.5, 0.6) is 0 Å². The highest BCUT2D eigenvalue weighted by atomic mass is 32.1. The molecule has 0 saturated carbocycles. The third kappa shape index (κ3) is 2.70. The molecule has 0 amide bonds. The van der Waals surface area contributed by atoms with Crippen molar-refractivity contribution in [1.82, 2.24) is 15.3 Å². The molecule has 0 aliphatic carbocycles. The fraction of sp³-hybridized carbons (Fsp3) is 0.385. The van der Waals surface area contributed by atoms with Gasteiger partial charge in [-0.2, -0.15) is 0 Å². The van der Waals surface area contributed by atoms with Crippen molar-refractivity contribution in [2.24, 2.45) is 0 Å². The van der Waals surface area contributed by atoms with Gasteiger partial charge in [-0.15, -0.1) is 11.3 Å². The van der Waals surface area contributed by atoms with Crippen molar-refractivity contribution in [3.8, 4) is 10.6 Å². The smallest absolute Gasteiger partial charge is 0.125 e. The van der Waals surface area contributed by atoms with Gasteiger partial charge in [0.1, 0.15) is 5.01 Å². The molecule has 0 fully saturated rings. The Kier molecular flexibility index (Phi) is 3.86. The van der Waals surface area contributed by atoms with Gasteiger partial charge in [0.15, 0.2) is 0 Å². The summed E-state index contributed by atoms with van der Waals surface area (Å²) in [5.74, 6) is 0. The van der Waals surface area contributed by atoms with Gasteiger partial charge in [-0.3, -0.25) is 4.98 Å². The van der Waals surface area contributed by atoms with E-state index in [1.165, 1.54) is 10.4 Å². The molecule has 0 spiro atoms. The van der Waals surface area contributed by atoms with Crippen LogP contribution in [-0.2, 0) is 0 Å². The summed E-state index contributed by atoms with van der Waals surface area (Å²) in [6.07, 6.45) is 5.66. The molecule has 2 heterocycles. The molecular formula is C13H17N3S. The number of pyridine rings is 1. The zero-order chi connectivity index (χ0) is 12.3. The molecule has 17 heavy (non-hydrogen) atoms. The summed E-state index contributed by atoms with van der Waals surface area (Å²) in [4.78, 5) is 9.92. The first-order valence-electron chi connectivity index (χ1n) is 5.82. The molecule has 0 radical (unpaired) electrons. The Hall–Kier alpha value is -1.26. The number of thiazole rings is 1. The molecule has 2 aromatic heterocycles. The third-order valence-electron chi connectivity index (χ3n) is 2.73. The number of aryl methyl sites for hydroxylation is 1. The van der Waals surface area contributed by atoms with Crippen LogP contribution in [0.25, 0.3) is 10.6 Å². The summed E-state index contributed by atoms with van der Waals surface area (Å²) in [5.41, 5.74) is 2.35. The maximum absolute atomic E-state index is 4.49. The standard InChI is InChI=1S/C13H17N3S/c1-4-15-10(3)12-8-16-13(17-12)11-7-14-6-5-9(11)2/h5-8,10,15H,4H2,1-3H3. The lowest BCUT2D eigenvalue weighted by Gasteiger charge is -2.08. The van der Waals surface area contributed by atoms with Gasteiger partial charge in [-0.05, 0) is 32.0 Å². The number of nitrogens with one attached hydrogen (secondary N) is 1. The second-order valence-electron chi connectivity index (χ2n) is 4.04. The Morgan fingerprint density at radius 3 is 2.94 bits per heavy atom.